The summed E-state index contributed by atoms with van der Waals surface area (Å²) in [5.41, 5.74) is 0. The maximum atomic E-state index is 12.1. The van der Waals surface area contributed by atoms with E-state index in [-0.39, 0.29) is 25.7 Å². The van der Waals surface area contributed by atoms with Crippen molar-refractivity contribution in [2.75, 3.05) is 33.2 Å². The fourth-order valence-electron chi connectivity index (χ4n) is 4.07. The molecule has 0 heterocycles. The molecule has 232 valence electrons. The number of nitrogens with one attached hydrogen (secondary N) is 1. The third-order valence-corrected chi connectivity index (χ3v) is 6.76. The molecule has 1 amide bonds. The summed E-state index contributed by atoms with van der Waals surface area (Å²) in [6.07, 6.45) is 18.5. The molecule has 0 fully saturated rings. The van der Waals surface area contributed by atoms with Crippen LogP contribution in [-0.4, -0.2) is 60.9 Å². The zero-order valence-electron chi connectivity index (χ0n) is 24.5. The molecule has 0 spiro atoms. The zero-order chi connectivity index (χ0) is 29.0. The monoisotopic (exact) mass is 581 g/mol. The number of hydrogen-bond acceptors (Lipinski definition) is 7. The van der Waals surface area contributed by atoms with E-state index in [4.69, 9.17) is 24.0 Å². The lowest BCUT2D eigenvalue weighted by atomic mass is 10.1. The van der Waals surface area contributed by atoms with E-state index in [1.54, 1.807) is 6.92 Å². The molecule has 0 aliphatic rings. The third kappa shape index (κ3) is 31.4. The van der Waals surface area contributed by atoms with Crippen molar-refractivity contribution in [1.82, 2.24) is 5.32 Å². The van der Waals surface area contributed by atoms with Crippen LogP contribution in [0.4, 0.5) is 0 Å². The van der Waals surface area contributed by atoms with E-state index in [0.29, 0.717) is 6.61 Å². The summed E-state index contributed by atoms with van der Waals surface area (Å²) in [6.45, 7) is 4.58. The fourth-order valence-corrected chi connectivity index (χ4v) is 4.43. The Hall–Kier alpha value is -1.03. The van der Waals surface area contributed by atoms with Crippen molar-refractivity contribution in [3.05, 3.63) is 0 Å². The van der Waals surface area contributed by atoms with Crippen molar-refractivity contribution in [3.63, 3.8) is 0 Å². The summed E-state index contributed by atoms with van der Waals surface area (Å²) in [5.74, 6) is -0.381. The van der Waals surface area contributed by atoms with Crippen LogP contribution in [0.15, 0.2) is 0 Å². The van der Waals surface area contributed by atoms with Gasteiger partial charge in [0.1, 0.15) is 12.9 Å². The van der Waals surface area contributed by atoms with Crippen molar-refractivity contribution in [2.45, 2.75) is 136 Å². The Labute approximate surface area is 236 Å². The highest BCUT2D eigenvalue weighted by Gasteiger charge is 2.21. The number of phosphoric ester groups is 1. The van der Waals surface area contributed by atoms with Crippen LogP contribution in [0.2, 0.25) is 0 Å². The standard InChI is InChI=1S/C28H56NO9P/c1-3-4-5-6-11-14-17-20-28(31)38-27(24-37-39(32,33)34)23-36-25-35-22-19-16-13-10-8-7-9-12-15-18-21-29-26(2)30/h27H,3-25H2,1-2H3,(H,29,30)(H2,32,33,34)/t27-/m1/s1. The lowest BCUT2D eigenvalue weighted by Crippen LogP contribution is -2.28. The summed E-state index contributed by atoms with van der Waals surface area (Å²) >= 11 is 0. The molecule has 0 saturated heterocycles. The molecule has 39 heavy (non-hydrogen) atoms. The van der Waals surface area contributed by atoms with E-state index in [1.807, 2.05) is 0 Å². The number of rotatable bonds is 29. The van der Waals surface area contributed by atoms with Gasteiger partial charge in [-0.1, -0.05) is 96.8 Å². The molecule has 10 nitrogen and oxygen atoms in total. The van der Waals surface area contributed by atoms with Crippen LogP contribution in [0.3, 0.4) is 0 Å². The van der Waals surface area contributed by atoms with Crippen LogP contribution in [0, 0.1) is 0 Å². The van der Waals surface area contributed by atoms with E-state index < -0.39 is 26.5 Å². The average Bonchev–Trinajstić information content (AvgIpc) is 2.87. The van der Waals surface area contributed by atoms with Gasteiger partial charge >= 0.3 is 13.8 Å². The van der Waals surface area contributed by atoms with Crippen molar-refractivity contribution in [2.24, 2.45) is 0 Å². The number of phosphoric acid groups is 1. The van der Waals surface area contributed by atoms with Gasteiger partial charge in [-0.15, -0.1) is 0 Å². The van der Waals surface area contributed by atoms with Gasteiger partial charge in [-0.25, -0.2) is 4.57 Å². The third-order valence-electron chi connectivity index (χ3n) is 6.27. The van der Waals surface area contributed by atoms with E-state index in [0.717, 1.165) is 45.1 Å². The van der Waals surface area contributed by atoms with Gasteiger partial charge in [-0.3, -0.25) is 14.1 Å². The first-order valence-corrected chi connectivity index (χ1v) is 16.6. The van der Waals surface area contributed by atoms with Gasteiger partial charge in [-0.05, 0) is 19.3 Å². The minimum Gasteiger partial charge on any atom is -0.457 e. The maximum Gasteiger partial charge on any atom is 0.469 e. The number of hydrogen-bond donors (Lipinski definition) is 3. The number of amides is 1. The van der Waals surface area contributed by atoms with E-state index in [1.165, 1.54) is 70.6 Å². The van der Waals surface area contributed by atoms with Gasteiger partial charge < -0.3 is 29.3 Å². The lowest BCUT2D eigenvalue weighted by molar-refractivity contribution is -0.158. The molecule has 0 aromatic heterocycles. The second kappa shape index (κ2) is 27.2. The predicted octanol–water partition coefficient (Wildman–Crippen LogP) is 6.18. The number of esters is 1. The Balaban J connectivity index is 3.77. The van der Waals surface area contributed by atoms with Crippen molar-refractivity contribution in [3.8, 4) is 0 Å². The van der Waals surface area contributed by atoms with Crippen molar-refractivity contribution < 1.29 is 42.7 Å². The molecule has 0 bridgehead atoms. The first-order valence-electron chi connectivity index (χ1n) is 15.0. The quantitative estimate of drug-likeness (QED) is 0.0409. The molecule has 3 N–H and O–H groups in total. The van der Waals surface area contributed by atoms with Crippen molar-refractivity contribution in [1.29, 1.82) is 0 Å². The molecule has 1 atom stereocenters. The molecular weight excluding hydrogens is 525 g/mol. The van der Waals surface area contributed by atoms with Gasteiger partial charge in [-0.2, -0.15) is 0 Å². The van der Waals surface area contributed by atoms with Gasteiger partial charge in [0.2, 0.25) is 5.91 Å². The average molecular weight is 582 g/mol. The highest BCUT2D eigenvalue weighted by atomic mass is 31.2. The van der Waals surface area contributed by atoms with Gasteiger partial charge in [0, 0.05) is 26.5 Å². The van der Waals surface area contributed by atoms with Crippen LogP contribution < -0.4 is 5.32 Å². The Morgan fingerprint density at radius 3 is 1.85 bits per heavy atom. The van der Waals surface area contributed by atoms with Gasteiger partial charge in [0.25, 0.3) is 0 Å². The number of carbonyl (C=O) groups excluding carboxylic acids is 2. The molecule has 0 rings (SSSR count). The second-order valence-corrected chi connectivity index (χ2v) is 11.4. The molecule has 0 radical (unpaired) electrons. The minimum absolute atomic E-state index is 0.0175. The summed E-state index contributed by atoms with van der Waals surface area (Å²) in [4.78, 5) is 40.8. The normalized spacial score (nSPS) is 12.4. The highest BCUT2D eigenvalue weighted by Crippen LogP contribution is 2.35. The van der Waals surface area contributed by atoms with E-state index >= 15 is 0 Å². The zero-order valence-corrected chi connectivity index (χ0v) is 25.4. The molecule has 11 heteroatoms. The van der Waals surface area contributed by atoms with Crippen LogP contribution in [0.5, 0.6) is 0 Å². The first kappa shape index (κ1) is 38.0. The van der Waals surface area contributed by atoms with Gasteiger partial charge in [0.05, 0.1) is 13.2 Å². The molecular formula is C28H56NO9P. The predicted molar refractivity (Wildman–Crippen MR) is 152 cm³/mol. The minimum atomic E-state index is -4.67. The Bertz CT molecular complexity index is 630. The van der Waals surface area contributed by atoms with E-state index in [9.17, 15) is 14.2 Å². The Morgan fingerprint density at radius 1 is 0.744 bits per heavy atom. The Kier molecular flexibility index (Phi) is 26.4. The number of ether oxygens (including phenoxy) is 3. The molecule has 0 aliphatic carbocycles. The highest BCUT2D eigenvalue weighted by molar-refractivity contribution is 7.46. The molecule has 0 aromatic carbocycles. The first-order chi connectivity index (χ1) is 18.7. The fraction of sp³-hybridized carbons (Fsp3) is 0.929. The summed E-state index contributed by atoms with van der Waals surface area (Å²) in [6, 6.07) is 0. The van der Waals surface area contributed by atoms with Crippen molar-refractivity contribution >= 4 is 19.7 Å². The largest absolute Gasteiger partial charge is 0.469 e. The topological polar surface area (TPSA) is 141 Å². The number of carbonyl (C=O) groups is 2. The molecule has 0 aliphatic heterocycles. The maximum absolute atomic E-state index is 12.1. The molecule has 0 saturated carbocycles. The van der Waals surface area contributed by atoms with Crippen LogP contribution >= 0.6 is 7.82 Å². The molecule has 0 aromatic rings. The van der Waals surface area contributed by atoms with Crippen LogP contribution in [0.25, 0.3) is 0 Å². The summed E-state index contributed by atoms with van der Waals surface area (Å²) in [5, 5.41) is 2.82. The van der Waals surface area contributed by atoms with Gasteiger partial charge in [0.15, 0.2) is 0 Å². The van der Waals surface area contributed by atoms with E-state index in [2.05, 4.69) is 16.8 Å². The van der Waals surface area contributed by atoms with Crippen LogP contribution in [-0.2, 0) is 32.9 Å². The lowest BCUT2D eigenvalue weighted by Gasteiger charge is -2.18. The summed E-state index contributed by atoms with van der Waals surface area (Å²) in [7, 11) is -4.67. The van der Waals surface area contributed by atoms with Crippen LogP contribution in [0.1, 0.15) is 129 Å². The smallest absolute Gasteiger partial charge is 0.457 e. The SMILES string of the molecule is CCCCCCCCCC(=O)O[C@H](COCOCCCCCCCCCCCCNC(C)=O)COP(=O)(O)O. The summed E-state index contributed by atoms with van der Waals surface area (Å²) < 4.78 is 31.8. The molecule has 0 unspecified atom stereocenters. The second-order valence-electron chi connectivity index (χ2n) is 10.2. The Morgan fingerprint density at radius 2 is 1.28 bits per heavy atom. The number of unbranched alkanes of at least 4 members (excludes halogenated alkanes) is 15.